The lowest BCUT2D eigenvalue weighted by atomic mass is 10.1. The maximum absolute atomic E-state index is 2.36. The molecule has 1 aromatic heterocycles. The van der Waals surface area contributed by atoms with Gasteiger partial charge in [0.15, 0.2) is 0 Å². The molecule has 0 saturated carbocycles. The summed E-state index contributed by atoms with van der Waals surface area (Å²) in [4.78, 5) is 1.41. The molecule has 0 N–H and O–H groups in total. The van der Waals surface area contributed by atoms with Gasteiger partial charge in [-0.25, -0.2) is 0 Å². The van der Waals surface area contributed by atoms with E-state index in [9.17, 15) is 0 Å². The van der Waals surface area contributed by atoms with E-state index >= 15 is 0 Å². The van der Waals surface area contributed by atoms with Crippen LogP contribution in [0.25, 0.3) is 5.57 Å². The molecule has 0 aromatic carbocycles. The van der Waals surface area contributed by atoms with Crippen LogP contribution in [0.2, 0.25) is 0 Å². The third kappa shape index (κ3) is 3.77. The van der Waals surface area contributed by atoms with Crippen LogP contribution in [0.4, 0.5) is 0 Å². The summed E-state index contributed by atoms with van der Waals surface area (Å²) in [6.45, 7) is 4.45. The molecule has 0 radical (unpaired) electrons. The molecule has 0 amide bonds. The van der Waals surface area contributed by atoms with Crippen molar-refractivity contribution in [2.24, 2.45) is 0 Å². The average molecular weight is 194 g/mol. The number of allylic oxidation sites excluding steroid dienone is 2. The molecule has 0 atom stereocenters. The Bertz CT molecular complexity index is 244. The number of hydrogen-bond donors (Lipinski definition) is 0. The highest BCUT2D eigenvalue weighted by molar-refractivity contribution is 7.11. The molecular weight excluding hydrogens is 176 g/mol. The van der Waals surface area contributed by atoms with E-state index in [1.807, 2.05) is 11.3 Å². The lowest BCUT2D eigenvalue weighted by Crippen LogP contribution is -1.74. The molecule has 0 spiro atoms. The van der Waals surface area contributed by atoms with Crippen LogP contribution in [0.5, 0.6) is 0 Å². The number of rotatable bonds is 5. The summed E-state index contributed by atoms with van der Waals surface area (Å²) in [5.41, 5.74) is 1.44. The number of unbranched alkanes of at least 4 members (excludes halogenated alkanes) is 3. The van der Waals surface area contributed by atoms with Crippen LogP contribution < -0.4 is 0 Å². The molecule has 0 bridgehead atoms. The highest BCUT2D eigenvalue weighted by atomic mass is 32.1. The van der Waals surface area contributed by atoms with Crippen LogP contribution in [0.15, 0.2) is 23.6 Å². The summed E-state index contributed by atoms with van der Waals surface area (Å²) in [6.07, 6.45) is 7.60. The summed E-state index contributed by atoms with van der Waals surface area (Å²) >= 11 is 1.83. The molecule has 0 fully saturated rings. The summed E-state index contributed by atoms with van der Waals surface area (Å²) in [5, 5.41) is 2.14. The van der Waals surface area contributed by atoms with E-state index in [4.69, 9.17) is 0 Å². The van der Waals surface area contributed by atoms with Gasteiger partial charge in [-0.05, 0) is 36.8 Å². The van der Waals surface area contributed by atoms with E-state index in [0.717, 1.165) is 0 Å². The molecule has 0 aliphatic rings. The normalized spacial score (nSPS) is 12.0. The minimum absolute atomic E-state index is 1.23. The number of thiophene rings is 1. The first-order valence-electron chi connectivity index (χ1n) is 5.05. The minimum Gasteiger partial charge on any atom is -0.144 e. The SMILES string of the molecule is CCCCC/C=C(\C)c1cccs1. The second-order valence-electron chi connectivity index (χ2n) is 3.36. The Labute approximate surface area is 85.3 Å². The molecule has 0 saturated heterocycles. The summed E-state index contributed by atoms with van der Waals surface area (Å²) in [6, 6.07) is 4.31. The van der Waals surface area contributed by atoms with E-state index < -0.39 is 0 Å². The Morgan fingerprint density at radius 1 is 1.46 bits per heavy atom. The Hall–Kier alpha value is -0.560. The van der Waals surface area contributed by atoms with Crippen molar-refractivity contribution in [1.29, 1.82) is 0 Å². The van der Waals surface area contributed by atoms with Gasteiger partial charge in [0.25, 0.3) is 0 Å². The zero-order valence-corrected chi connectivity index (χ0v) is 9.36. The van der Waals surface area contributed by atoms with Gasteiger partial charge in [-0.1, -0.05) is 31.9 Å². The third-order valence-electron chi connectivity index (χ3n) is 2.17. The van der Waals surface area contributed by atoms with Gasteiger partial charge in [0.1, 0.15) is 0 Å². The molecule has 1 aromatic rings. The lowest BCUT2D eigenvalue weighted by Gasteiger charge is -1.97. The number of hydrogen-bond acceptors (Lipinski definition) is 1. The fourth-order valence-electron chi connectivity index (χ4n) is 1.32. The molecule has 1 rings (SSSR count). The monoisotopic (exact) mass is 194 g/mol. The molecule has 1 heteroatoms. The molecular formula is C12H18S. The molecule has 0 unspecified atom stereocenters. The van der Waals surface area contributed by atoms with Crippen LogP contribution in [0.3, 0.4) is 0 Å². The predicted octanol–water partition coefficient (Wildman–Crippen LogP) is 4.73. The standard InChI is InChI=1S/C12H18S/c1-3-4-5-6-8-11(2)12-9-7-10-13-12/h7-10H,3-6H2,1-2H3/b11-8+. The summed E-state index contributed by atoms with van der Waals surface area (Å²) in [5.74, 6) is 0. The van der Waals surface area contributed by atoms with Gasteiger partial charge in [0.05, 0.1) is 0 Å². The zero-order chi connectivity index (χ0) is 9.52. The maximum Gasteiger partial charge on any atom is 0.0296 e. The van der Waals surface area contributed by atoms with Crippen LogP contribution in [-0.2, 0) is 0 Å². The van der Waals surface area contributed by atoms with E-state index in [1.165, 1.54) is 36.1 Å². The van der Waals surface area contributed by atoms with Crippen molar-refractivity contribution in [1.82, 2.24) is 0 Å². The largest absolute Gasteiger partial charge is 0.144 e. The smallest absolute Gasteiger partial charge is 0.0296 e. The fourth-order valence-corrected chi connectivity index (χ4v) is 2.05. The molecule has 0 nitrogen and oxygen atoms in total. The van der Waals surface area contributed by atoms with Gasteiger partial charge in [0.2, 0.25) is 0 Å². The van der Waals surface area contributed by atoms with Crippen LogP contribution in [-0.4, -0.2) is 0 Å². The average Bonchev–Trinajstić information content (AvgIpc) is 2.65. The van der Waals surface area contributed by atoms with Crippen LogP contribution >= 0.6 is 11.3 Å². The maximum atomic E-state index is 2.36. The highest BCUT2D eigenvalue weighted by Crippen LogP contribution is 2.20. The topological polar surface area (TPSA) is 0 Å². The van der Waals surface area contributed by atoms with Crippen molar-refractivity contribution in [2.75, 3.05) is 0 Å². The van der Waals surface area contributed by atoms with Gasteiger partial charge >= 0.3 is 0 Å². The van der Waals surface area contributed by atoms with Crippen molar-refractivity contribution < 1.29 is 0 Å². The van der Waals surface area contributed by atoms with Crippen molar-refractivity contribution in [3.05, 3.63) is 28.5 Å². The molecule has 0 aliphatic carbocycles. The van der Waals surface area contributed by atoms with Crippen molar-refractivity contribution in [3.63, 3.8) is 0 Å². The molecule has 13 heavy (non-hydrogen) atoms. The lowest BCUT2D eigenvalue weighted by molar-refractivity contribution is 0.729. The first-order chi connectivity index (χ1) is 6.34. The summed E-state index contributed by atoms with van der Waals surface area (Å²) < 4.78 is 0. The second-order valence-corrected chi connectivity index (χ2v) is 4.31. The van der Waals surface area contributed by atoms with Crippen LogP contribution in [0.1, 0.15) is 44.4 Å². The van der Waals surface area contributed by atoms with Gasteiger partial charge < -0.3 is 0 Å². The molecule has 1 heterocycles. The Morgan fingerprint density at radius 2 is 2.31 bits per heavy atom. The van der Waals surface area contributed by atoms with Crippen molar-refractivity contribution in [2.45, 2.75) is 39.5 Å². The van der Waals surface area contributed by atoms with Gasteiger partial charge in [-0.15, -0.1) is 11.3 Å². The zero-order valence-electron chi connectivity index (χ0n) is 8.55. The minimum atomic E-state index is 1.23. The third-order valence-corrected chi connectivity index (χ3v) is 3.17. The summed E-state index contributed by atoms with van der Waals surface area (Å²) in [7, 11) is 0. The Balaban J connectivity index is 2.35. The van der Waals surface area contributed by atoms with Gasteiger partial charge in [-0.2, -0.15) is 0 Å². The van der Waals surface area contributed by atoms with Crippen molar-refractivity contribution >= 4 is 16.9 Å². The van der Waals surface area contributed by atoms with Gasteiger partial charge in [-0.3, -0.25) is 0 Å². The van der Waals surface area contributed by atoms with Gasteiger partial charge in [0, 0.05) is 4.88 Å². The molecule has 72 valence electrons. The first-order valence-corrected chi connectivity index (χ1v) is 5.93. The molecule has 0 aliphatic heterocycles. The second kappa shape index (κ2) is 5.98. The highest BCUT2D eigenvalue weighted by Gasteiger charge is 1.94. The van der Waals surface area contributed by atoms with E-state index in [1.54, 1.807) is 0 Å². The first kappa shape index (κ1) is 10.5. The quantitative estimate of drug-likeness (QED) is 0.594. The predicted molar refractivity (Wildman–Crippen MR) is 62.1 cm³/mol. The van der Waals surface area contributed by atoms with Crippen LogP contribution in [0, 0.1) is 0 Å². The van der Waals surface area contributed by atoms with Crippen molar-refractivity contribution in [3.8, 4) is 0 Å². The van der Waals surface area contributed by atoms with E-state index in [-0.39, 0.29) is 0 Å². The van der Waals surface area contributed by atoms with E-state index in [2.05, 4.69) is 37.4 Å². The Morgan fingerprint density at radius 3 is 2.92 bits per heavy atom. The Kier molecular flexibility index (Phi) is 4.84. The fraction of sp³-hybridized carbons (Fsp3) is 0.500. The van der Waals surface area contributed by atoms with E-state index in [0.29, 0.717) is 0 Å².